The van der Waals surface area contributed by atoms with Crippen LogP contribution in [-0.2, 0) is 16.1 Å². The van der Waals surface area contributed by atoms with Gasteiger partial charge in [-0.05, 0) is 73.3 Å². The second kappa shape index (κ2) is 8.21. The fourth-order valence-corrected chi connectivity index (χ4v) is 8.22. The van der Waals surface area contributed by atoms with Gasteiger partial charge in [-0.25, -0.2) is 0 Å². The van der Waals surface area contributed by atoms with Crippen molar-refractivity contribution in [3.05, 3.63) is 52.1 Å². The highest BCUT2D eigenvalue weighted by molar-refractivity contribution is 5.89. The number of likely N-dealkylation sites (N-methyl/N-ethyl adjacent to an activating group) is 1. The van der Waals surface area contributed by atoms with E-state index in [9.17, 15) is 19.7 Å². The number of rotatable bonds is 4. The van der Waals surface area contributed by atoms with E-state index in [0.29, 0.717) is 24.3 Å². The van der Waals surface area contributed by atoms with Crippen molar-refractivity contribution >= 4 is 17.5 Å². The van der Waals surface area contributed by atoms with Crippen molar-refractivity contribution in [1.29, 1.82) is 0 Å². The number of fused-ring (bicyclic) bond motifs is 5. The van der Waals surface area contributed by atoms with E-state index in [0.717, 1.165) is 44.1 Å². The maximum absolute atomic E-state index is 13.3. The molecule has 182 valence electrons. The lowest BCUT2D eigenvalue weighted by Gasteiger charge is -2.60. The van der Waals surface area contributed by atoms with Crippen molar-refractivity contribution in [2.24, 2.45) is 34.5 Å². The first kappa shape index (κ1) is 23.1. The van der Waals surface area contributed by atoms with Crippen LogP contribution in [0.5, 0.6) is 0 Å². The molecule has 3 saturated carbocycles. The van der Waals surface area contributed by atoms with Crippen molar-refractivity contribution < 1.29 is 14.5 Å². The summed E-state index contributed by atoms with van der Waals surface area (Å²) in [5.41, 5.74) is 0.953. The Bertz CT molecular complexity index is 1040. The van der Waals surface area contributed by atoms with Gasteiger partial charge in [-0.2, -0.15) is 0 Å². The first-order valence-corrected chi connectivity index (χ1v) is 12.6. The summed E-state index contributed by atoms with van der Waals surface area (Å²) < 4.78 is 0. The molecule has 2 amide bonds. The lowest BCUT2D eigenvalue weighted by Crippen LogP contribution is -2.59. The Kier molecular flexibility index (Phi) is 5.57. The summed E-state index contributed by atoms with van der Waals surface area (Å²) in [6, 6.07) is 6.66. The number of hydrogen-bond acceptors (Lipinski definition) is 4. The highest BCUT2D eigenvalue weighted by Crippen LogP contribution is 2.65. The van der Waals surface area contributed by atoms with Crippen LogP contribution in [0.15, 0.2) is 36.4 Å². The molecular formula is C27H35N3O4. The molecule has 0 aromatic heterocycles. The Labute approximate surface area is 201 Å². The minimum Gasteiger partial charge on any atom is -0.352 e. The SMILES string of the molecule is CN1C(=O)C=C[C@]2(C)[C@H]3CC[C@]4(C)[C@@H](C(=O)NCc5ccc([N+](=O)[O-])cc5)CC[C@H]4[C@@H]3CC[C@@H]12. The van der Waals surface area contributed by atoms with Crippen molar-refractivity contribution in [3.63, 3.8) is 0 Å². The van der Waals surface area contributed by atoms with Gasteiger partial charge >= 0.3 is 0 Å². The number of nitro groups is 1. The summed E-state index contributed by atoms with van der Waals surface area (Å²) >= 11 is 0. The third-order valence-corrected chi connectivity index (χ3v) is 10.1. The molecule has 0 spiro atoms. The largest absolute Gasteiger partial charge is 0.352 e. The average molecular weight is 466 g/mol. The predicted octanol–water partition coefficient (Wildman–Crippen LogP) is 4.47. The van der Waals surface area contributed by atoms with Gasteiger partial charge in [0, 0.05) is 43.1 Å². The van der Waals surface area contributed by atoms with Crippen LogP contribution < -0.4 is 5.32 Å². The van der Waals surface area contributed by atoms with Gasteiger partial charge in [0.25, 0.3) is 5.69 Å². The van der Waals surface area contributed by atoms with Crippen molar-refractivity contribution in [2.45, 2.75) is 65.0 Å². The topological polar surface area (TPSA) is 92.6 Å². The minimum atomic E-state index is -0.412. The van der Waals surface area contributed by atoms with Crippen LogP contribution in [0.25, 0.3) is 0 Å². The number of nitrogens with zero attached hydrogens (tertiary/aromatic N) is 2. The Morgan fingerprint density at radius 2 is 1.85 bits per heavy atom. The van der Waals surface area contributed by atoms with Crippen molar-refractivity contribution in [1.82, 2.24) is 10.2 Å². The summed E-state index contributed by atoms with van der Waals surface area (Å²) in [6.45, 7) is 5.07. The summed E-state index contributed by atoms with van der Waals surface area (Å²) in [5, 5.41) is 14.0. The van der Waals surface area contributed by atoms with Gasteiger partial charge in [-0.1, -0.05) is 32.1 Å². The van der Waals surface area contributed by atoms with Gasteiger partial charge in [0.05, 0.1) is 4.92 Å². The van der Waals surface area contributed by atoms with Crippen LogP contribution in [0.1, 0.15) is 57.9 Å². The number of benzene rings is 1. The van der Waals surface area contributed by atoms with Crippen LogP contribution in [0.4, 0.5) is 5.69 Å². The first-order chi connectivity index (χ1) is 16.1. The number of nitro benzene ring substituents is 1. The zero-order chi connectivity index (χ0) is 24.3. The molecule has 3 aliphatic carbocycles. The molecule has 7 heteroatoms. The second-order valence-electron chi connectivity index (χ2n) is 11.4. The normalized spacial score (nSPS) is 38.6. The Hall–Kier alpha value is -2.70. The molecule has 4 aliphatic rings. The van der Waals surface area contributed by atoms with E-state index in [1.807, 2.05) is 11.9 Å². The number of carbonyl (C=O) groups excluding carboxylic acids is 2. The molecule has 34 heavy (non-hydrogen) atoms. The van der Waals surface area contributed by atoms with Gasteiger partial charge in [-0.3, -0.25) is 19.7 Å². The summed E-state index contributed by atoms with van der Waals surface area (Å²) in [4.78, 5) is 38.0. The van der Waals surface area contributed by atoms with Crippen LogP contribution in [0, 0.1) is 44.6 Å². The van der Waals surface area contributed by atoms with Gasteiger partial charge in [0.2, 0.25) is 11.8 Å². The highest BCUT2D eigenvalue weighted by atomic mass is 16.6. The third-order valence-electron chi connectivity index (χ3n) is 10.1. The molecular weight excluding hydrogens is 430 g/mol. The molecule has 1 aromatic rings. The van der Waals surface area contributed by atoms with Gasteiger partial charge in [-0.15, -0.1) is 0 Å². The van der Waals surface area contributed by atoms with E-state index in [2.05, 4.69) is 25.2 Å². The molecule has 1 aliphatic heterocycles. The van der Waals surface area contributed by atoms with Crippen LogP contribution in [0.2, 0.25) is 0 Å². The van der Waals surface area contributed by atoms with Gasteiger partial charge in [0.15, 0.2) is 0 Å². The Balaban J connectivity index is 1.29. The van der Waals surface area contributed by atoms with Crippen LogP contribution in [0.3, 0.4) is 0 Å². The number of carbonyl (C=O) groups is 2. The number of non-ortho nitro benzene ring substituents is 1. The highest BCUT2D eigenvalue weighted by Gasteiger charge is 2.61. The lowest BCUT2D eigenvalue weighted by atomic mass is 9.47. The molecule has 0 saturated heterocycles. The quantitative estimate of drug-likeness (QED) is 0.525. The standard InChI is InChI=1S/C27H35N3O4/c1-26-14-12-21-19(8-11-23-27(21,2)15-13-24(31)29(23)3)20(26)9-10-22(26)25(32)28-16-17-4-6-18(7-5-17)30(33)34/h4-7,13,15,19-23H,8-12,14,16H2,1-3H3,(H,28,32)/t19-,20-,21-,22+,23+,26-,27+/m0/s1. The summed E-state index contributed by atoms with van der Waals surface area (Å²) in [7, 11) is 1.95. The van der Waals surface area contributed by atoms with Gasteiger partial charge in [0.1, 0.15) is 0 Å². The molecule has 0 radical (unpaired) electrons. The Morgan fingerprint density at radius 1 is 1.12 bits per heavy atom. The molecule has 3 fully saturated rings. The zero-order valence-corrected chi connectivity index (χ0v) is 20.3. The maximum Gasteiger partial charge on any atom is 0.269 e. The van der Waals surface area contributed by atoms with E-state index in [1.165, 1.54) is 12.1 Å². The van der Waals surface area contributed by atoms with Crippen molar-refractivity contribution in [2.75, 3.05) is 7.05 Å². The molecule has 7 nitrogen and oxygen atoms in total. The van der Waals surface area contributed by atoms with E-state index in [-0.39, 0.29) is 40.3 Å². The molecule has 1 aromatic carbocycles. The van der Waals surface area contributed by atoms with E-state index in [4.69, 9.17) is 0 Å². The van der Waals surface area contributed by atoms with Crippen LogP contribution >= 0.6 is 0 Å². The molecule has 0 unspecified atom stereocenters. The molecule has 7 atom stereocenters. The zero-order valence-electron chi connectivity index (χ0n) is 20.3. The number of nitrogens with one attached hydrogen (secondary N) is 1. The summed E-state index contributed by atoms with van der Waals surface area (Å²) in [6.07, 6.45) is 10.3. The third kappa shape index (κ3) is 3.46. The molecule has 0 bridgehead atoms. The molecule has 1 N–H and O–H groups in total. The smallest absolute Gasteiger partial charge is 0.269 e. The summed E-state index contributed by atoms with van der Waals surface area (Å²) in [5.74, 6) is 1.93. The minimum absolute atomic E-state index is 0.00399. The molecule has 1 heterocycles. The maximum atomic E-state index is 13.3. The van der Waals surface area contributed by atoms with Crippen molar-refractivity contribution in [3.8, 4) is 0 Å². The number of amides is 2. The first-order valence-electron chi connectivity index (χ1n) is 12.6. The molecule has 5 rings (SSSR count). The predicted molar refractivity (Wildman–Crippen MR) is 129 cm³/mol. The van der Waals surface area contributed by atoms with E-state index in [1.54, 1.807) is 18.2 Å². The average Bonchev–Trinajstić information content (AvgIpc) is 3.18. The Morgan fingerprint density at radius 3 is 2.56 bits per heavy atom. The second-order valence-corrected chi connectivity index (χ2v) is 11.4. The monoisotopic (exact) mass is 465 g/mol. The van der Waals surface area contributed by atoms with Crippen LogP contribution in [-0.4, -0.2) is 34.7 Å². The van der Waals surface area contributed by atoms with Gasteiger partial charge < -0.3 is 10.2 Å². The van der Waals surface area contributed by atoms with E-state index < -0.39 is 4.92 Å². The fourth-order valence-electron chi connectivity index (χ4n) is 8.22. The lowest BCUT2D eigenvalue weighted by molar-refractivity contribution is -0.384. The number of hydrogen-bond donors (Lipinski definition) is 1. The fraction of sp³-hybridized carbons (Fsp3) is 0.630. The van der Waals surface area contributed by atoms with E-state index >= 15 is 0 Å².